The molecule has 0 atom stereocenters. The van der Waals surface area contributed by atoms with Crippen molar-refractivity contribution in [2.75, 3.05) is 13.7 Å². The van der Waals surface area contributed by atoms with E-state index in [4.69, 9.17) is 18.9 Å². The van der Waals surface area contributed by atoms with E-state index in [-0.39, 0.29) is 18.1 Å². The number of benzene rings is 2. The number of aryl methyl sites for hydroxylation is 1. The molecule has 0 saturated heterocycles. The molecular formula is C27H23N3O6. The number of rotatable bonds is 6. The van der Waals surface area contributed by atoms with Gasteiger partial charge in [0.25, 0.3) is 0 Å². The van der Waals surface area contributed by atoms with Crippen LogP contribution in [0.3, 0.4) is 0 Å². The van der Waals surface area contributed by atoms with Gasteiger partial charge in [0, 0.05) is 22.5 Å². The van der Waals surface area contributed by atoms with E-state index < -0.39 is 17.1 Å². The fourth-order valence-electron chi connectivity index (χ4n) is 4.13. The van der Waals surface area contributed by atoms with Crippen molar-refractivity contribution in [2.45, 2.75) is 13.8 Å². The van der Waals surface area contributed by atoms with Gasteiger partial charge >= 0.3 is 5.97 Å². The molecule has 0 fully saturated rings. The number of hydrogen-bond acceptors (Lipinski definition) is 7. The van der Waals surface area contributed by atoms with E-state index in [1.54, 1.807) is 39.2 Å². The summed E-state index contributed by atoms with van der Waals surface area (Å²) in [6, 6.07) is 15.8. The van der Waals surface area contributed by atoms with E-state index in [1.165, 1.54) is 6.07 Å². The molecule has 5 rings (SSSR count). The molecule has 0 unspecified atom stereocenters. The molecule has 0 amide bonds. The second-order valence-electron chi connectivity index (χ2n) is 8.08. The molecule has 3 heterocycles. The summed E-state index contributed by atoms with van der Waals surface area (Å²) >= 11 is 0. The number of carbonyl (C=O) groups excluding carboxylic acids is 1. The lowest BCUT2D eigenvalue weighted by atomic mass is 10.1. The van der Waals surface area contributed by atoms with Crippen LogP contribution in [0.1, 0.15) is 23.2 Å². The Morgan fingerprint density at radius 2 is 1.89 bits per heavy atom. The van der Waals surface area contributed by atoms with E-state index in [1.807, 2.05) is 30.3 Å². The molecule has 3 aromatic heterocycles. The quantitative estimate of drug-likeness (QED) is 0.287. The Labute approximate surface area is 205 Å². The SMILES string of the molecule is CCOC(=O)c1[nH]c2ccc(OC)cc2c1-c1nc(-c2ccccc2)c(-c2oc(C)cc(=O)c2O)[nH]1. The molecule has 9 heteroatoms. The Morgan fingerprint density at radius 3 is 2.61 bits per heavy atom. The lowest BCUT2D eigenvalue weighted by molar-refractivity contribution is 0.0521. The smallest absolute Gasteiger partial charge is 0.355 e. The van der Waals surface area contributed by atoms with Crippen LogP contribution in [0.25, 0.3) is 45.0 Å². The van der Waals surface area contributed by atoms with E-state index >= 15 is 0 Å². The minimum Gasteiger partial charge on any atom is -0.501 e. The molecule has 36 heavy (non-hydrogen) atoms. The summed E-state index contributed by atoms with van der Waals surface area (Å²) in [6.07, 6.45) is 0. The molecule has 0 spiro atoms. The highest BCUT2D eigenvalue weighted by molar-refractivity contribution is 6.07. The summed E-state index contributed by atoms with van der Waals surface area (Å²) in [4.78, 5) is 36.4. The predicted octanol–water partition coefficient (Wildman–Crippen LogP) is 5.04. The van der Waals surface area contributed by atoms with E-state index in [2.05, 4.69) is 9.97 Å². The number of aromatic hydroxyl groups is 1. The van der Waals surface area contributed by atoms with Gasteiger partial charge < -0.3 is 29.0 Å². The zero-order chi connectivity index (χ0) is 25.4. The monoisotopic (exact) mass is 485 g/mol. The number of nitrogens with zero attached hydrogens (tertiary/aromatic N) is 1. The summed E-state index contributed by atoms with van der Waals surface area (Å²) in [5.41, 5.74) is 2.21. The van der Waals surface area contributed by atoms with Crippen molar-refractivity contribution in [3.63, 3.8) is 0 Å². The van der Waals surface area contributed by atoms with Crippen LogP contribution < -0.4 is 10.2 Å². The van der Waals surface area contributed by atoms with E-state index in [0.29, 0.717) is 50.8 Å². The van der Waals surface area contributed by atoms with Crippen molar-refractivity contribution in [1.29, 1.82) is 0 Å². The molecule has 0 aliphatic heterocycles. The molecule has 0 radical (unpaired) electrons. The van der Waals surface area contributed by atoms with E-state index in [0.717, 1.165) is 0 Å². The molecule has 0 saturated carbocycles. The van der Waals surface area contributed by atoms with E-state index in [9.17, 15) is 14.7 Å². The Kier molecular flexibility index (Phi) is 5.81. The minimum absolute atomic E-state index is 0.0484. The van der Waals surface area contributed by atoms with Crippen LogP contribution in [0.4, 0.5) is 0 Å². The molecular weight excluding hydrogens is 462 g/mol. The summed E-state index contributed by atoms with van der Waals surface area (Å²) < 4.78 is 16.5. The molecule has 2 aromatic carbocycles. The lowest BCUT2D eigenvalue weighted by Crippen LogP contribution is -2.06. The fourth-order valence-corrected chi connectivity index (χ4v) is 4.13. The van der Waals surface area contributed by atoms with Crippen molar-refractivity contribution >= 4 is 16.9 Å². The van der Waals surface area contributed by atoms with Crippen molar-refractivity contribution in [3.05, 3.63) is 76.3 Å². The molecule has 0 aliphatic carbocycles. The topological polar surface area (TPSA) is 130 Å². The third-order valence-electron chi connectivity index (χ3n) is 5.75. The number of H-pyrrole nitrogens is 2. The minimum atomic E-state index is -0.576. The maximum Gasteiger partial charge on any atom is 0.355 e. The first kappa shape index (κ1) is 23.0. The Balaban J connectivity index is 1.84. The van der Waals surface area contributed by atoms with Crippen LogP contribution in [-0.2, 0) is 4.74 Å². The first-order valence-corrected chi connectivity index (χ1v) is 11.3. The molecule has 182 valence electrons. The maximum absolute atomic E-state index is 12.9. The van der Waals surface area contributed by atoms with Crippen LogP contribution >= 0.6 is 0 Å². The number of hydrogen-bond donors (Lipinski definition) is 3. The largest absolute Gasteiger partial charge is 0.501 e. The van der Waals surface area contributed by atoms with Gasteiger partial charge in [-0.25, -0.2) is 9.78 Å². The maximum atomic E-state index is 12.9. The van der Waals surface area contributed by atoms with Gasteiger partial charge in [-0.1, -0.05) is 30.3 Å². The van der Waals surface area contributed by atoms with Gasteiger partial charge in [-0.05, 0) is 32.0 Å². The van der Waals surface area contributed by atoms with Crippen LogP contribution in [0.2, 0.25) is 0 Å². The molecule has 3 N–H and O–H groups in total. The van der Waals surface area contributed by atoms with Gasteiger partial charge in [0.2, 0.25) is 11.2 Å². The van der Waals surface area contributed by atoms with Crippen LogP contribution in [0.5, 0.6) is 11.5 Å². The zero-order valence-corrected chi connectivity index (χ0v) is 19.8. The van der Waals surface area contributed by atoms with Gasteiger partial charge in [-0.2, -0.15) is 0 Å². The molecule has 0 bridgehead atoms. The van der Waals surface area contributed by atoms with Crippen molar-refractivity contribution in [3.8, 4) is 45.6 Å². The average molecular weight is 485 g/mol. The van der Waals surface area contributed by atoms with Gasteiger partial charge in [-0.15, -0.1) is 0 Å². The van der Waals surface area contributed by atoms with Crippen LogP contribution in [0.15, 0.2) is 63.8 Å². The summed E-state index contributed by atoms with van der Waals surface area (Å²) in [5, 5.41) is 11.3. The average Bonchev–Trinajstić information content (AvgIpc) is 3.48. The lowest BCUT2D eigenvalue weighted by Gasteiger charge is -2.05. The first-order valence-electron chi connectivity index (χ1n) is 11.3. The number of aromatic nitrogens is 3. The number of esters is 1. The van der Waals surface area contributed by atoms with Gasteiger partial charge in [0.1, 0.15) is 34.4 Å². The summed E-state index contributed by atoms with van der Waals surface area (Å²) in [7, 11) is 1.56. The highest BCUT2D eigenvalue weighted by atomic mass is 16.5. The number of ether oxygens (including phenoxy) is 2. The number of aromatic amines is 2. The fraction of sp³-hybridized carbons (Fsp3) is 0.148. The highest BCUT2D eigenvalue weighted by Crippen LogP contribution is 2.40. The summed E-state index contributed by atoms with van der Waals surface area (Å²) in [6.45, 7) is 3.54. The van der Waals surface area contributed by atoms with Crippen molar-refractivity contribution in [2.24, 2.45) is 0 Å². The molecule has 5 aromatic rings. The molecule has 0 aliphatic rings. The number of carbonyl (C=O) groups is 1. The first-order chi connectivity index (χ1) is 17.4. The third kappa shape index (κ3) is 3.90. The standard InChI is InChI=1S/C27H23N3O6/c1-4-35-27(33)22-20(17-13-16(34-3)10-11-18(17)28-22)26-29-21(15-8-6-5-7-9-15)23(30-26)25-24(32)19(31)12-14(2)36-25/h5-13,28,32H,4H2,1-3H3,(H,29,30). The second-order valence-corrected chi connectivity index (χ2v) is 8.08. The Hall–Kier alpha value is -4.79. The van der Waals surface area contributed by atoms with Crippen molar-refractivity contribution < 1.29 is 23.8 Å². The number of methoxy groups -OCH3 is 1. The third-order valence-corrected chi connectivity index (χ3v) is 5.75. The Bertz CT molecular complexity index is 1650. The predicted molar refractivity (Wildman–Crippen MR) is 134 cm³/mol. The second kappa shape index (κ2) is 9.10. The van der Waals surface area contributed by atoms with Crippen LogP contribution in [0, 0.1) is 6.92 Å². The number of fused-ring (bicyclic) bond motifs is 1. The summed E-state index contributed by atoms with van der Waals surface area (Å²) in [5.74, 6) is 0.0937. The molecule has 9 nitrogen and oxygen atoms in total. The number of nitrogens with one attached hydrogen (secondary N) is 2. The zero-order valence-electron chi connectivity index (χ0n) is 19.8. The van der Waals surface area contributed by atoms with Gasteiger partial charge in [0.05, 0.1) is 19.3 Å². The van der Waals surface area contributed by atoms with Gasteiger partial charge in [0.15, 0.2) is 5.76 Å². The highest BCUT2D eigenvalue weighted by Gasteiger charge is 2.27. The Morgan fingerprint density at radius 1 is 1.11 bits per heavy atom. The van der Waals surface area contributed by atoms with Crippen molar-refractivity contribution in [1.82, 2.24) is 15.0 Å². The number of imidazole rings is 1. The normalized spacial score (nSPS) is 11.1. The van der Waals surface area contributed by atoms with Crippen LogP contribution in [-0.4, -0.2) is 39.7 Å². The van der Waals surface area contributed by atoms with Gasteiger partial charge in [-0.3, -0.25) is 4.79 Å².